The van der Waals surface area contributed by atoms with E-state index in [-0.39, 0.29) is 25.0 Å². The third kappa shape index (κ3) is 5.50. The standard InChI is InChI=1S/C17H20N2O4/c1-12-5-3-6-14(9-12)23-11-16(20)19-13(2)17(21)18-10-15-7-4-8-22-15/h3-9,13H,10-11H2,1-2H3,(H,18,21)(H,19,20). The number of amides is 2. The minimum Gasteiger partial charge on any atom is -0.484 e. The Balaban J connectivity index is 1.72. The zero-order valence-electron chi connectivity index (χ0n) is 13.2. The summed E-state index contributed by atoms with van der Waals surface area (Å²) in [5.41, 5.74) is 1.05. The summed E-state index contributed by atoms with van der Waals surface area (Å²) in [5, 5.41) is 5.27. The maximum Gasteiger partial charge on any atom is 0.258 e. The molecule has 0 aliphatic carbocycles. The van der Waals surface area contributed by atoms with E-state index in [4.69, 9.17) is 9.15 Å². The maximum absolute atomic E-state index is 11.9. The van der Waals surface area contributed by atoms with Crippen molar-refractivity contribution in [3.8, 4) is 5.75 Å². The van der Waals surface area contributed by atoms with Crippen molar-refractivity contribution in [2.45, 2.75) is 26.4 Å². The van der Waals surface area contributed by atoms with E-state index >= 15 is 0 Å². The van der Waals surface area contributed by atoms with Crippen molar-refractivity contribution in [2.24, 2.45) is 0 Å². The number of benzene rings is 1. The summed E-state index contributed by atoms with van der Waals surface area (Å²) in [5.74, 6) is 0.632. The number of ether oxygens (including phenoxy) is 1. The van der Waals surface area contributed by atoms with Crippen molar-refractivity contribution in [1.29, 1.82) is 0 Å². The van der Waals surface area contributed by atoms with Crippen molar-refractivity contribution >= 4 is 11.8 Å². The normalized spacial score (nSPS) is 11.6. The molecule has 6 nitrogen and oxygen atoms in total. The summed E-state index contributed by atoms with van der Waals surface area (Å²) in [6.07, 6.45) is 1.54. The molecule has 2 rings (SSSR count). The molecule has 0 bridgehead atoms. The molecular weight excluding hydrogens is 296 g/mol. The fourth-order valence-electron chi connectivity index (χ4n) is 1.94. The fraction of sp³-hybridized carbons (Fsp3) is 0.294. The predicted molar refractivity (Wildman–Crippen MR) is 84.8 cm³/mol. The summed E-state index contributed by atoms with van der Waals surface area (Å²) in [4.78, 5) is 23.7. The van der Waals surface area contributed by atoms with E-state index in [9.17, 15) is 9.59 Å². The number of hydrogen-bond donors (Lipinski definition) is 2. The monoisotopic (exact) mass is 316 g/mol. The molecule has 2 N–H and O–H groups in total. The zero-order chi connectivity index (χ0) is 16.7. The lowest BCUT2D eigenvalue weighted by atomic mass is 10.2. The van der Waals surface area contributed by atoms with Gasteiger partial charge in [0.2, 0.25) is 5.91 Å². The van der Waals surface area contributed by atoms with Crippen LogP contribution in [0.15, 0.2) is 47.1 Å². The summed E-state index contributed by atoms with van der Waals surface area (Å²) < 4.78 is 10.5. The molecule has 1 aromatic heterocycles. The van der Waals surface area contributed by atoms with Crippen LogP contribution in [0.1, 0.15) is 18.2 Å². The quantitative estimate of drug-likeness (QED) is 0.816. The first-order valence-electron chi connectivity index (χ1n) is 7.33. The van der Waals surface area contributed by atoms with Crippen LogP contribution in [0.4, 0.5) is 0 Å². The van der Waals surface area contributed by atoms with Crippen molar-refractivity contribution in [2.75, 3.05) is 6.61 Å². The highest BCUT2D eigenvalue weighted by Gasteiger charge is 2.15. The van der Waals surface area contributed by atoms with Gasteiger partial charge in [-0.3, -0.25) is 9.59 Å². The Hall–Kier alpha value is -2.76. The van der Waals surface area contributed by atoms with Crippen molar-refractivity contribution in [3.05, 3.63) is 54.0 Å². The number of rotatable bonds is 7. The number of carbonyl (C=O) groups is 2. The highest BCUT2D eigenvalue weighted by atomic mass is 16.5. The summed E-state index contributed by atoms with van der Waals surface area (Å²) >= 11 is 0. The van der Waals surface area contributed by atoms with Crippen molar-refractivity contribution < 1.29 is 18.7 Å². The number of hydrogen-bond acceptors (Lipinski definition) is 4. The van der Waals surface area contributed by atoms with E-state index in [1.807, 2.05) is 25.1 Å². The van der Waals surface area contributed by atoms with Crippen LogP contribution in [0.25, 0.3) is 0 Å². The fourth-order valence-corrected chi connectivity index (χ4v) is 1.94. The number of furan rings is 1. The van der Waals surface area contributed by atoms with Gasteiger partial charge in [0, 0.05) is 0 Å². The van der Waals surface area contributed by atoms with Crippen molar-refractivity contribution in [3.63, 3.8) is 0 Å². The zero-order valence-corrected chi connectivity index (χ0v) is 13.2. The maximum atomic E-state index is 11.9. The Morgan fingerprint density at radius 2 is 2.09 bits per heavy atom. The average Bonchev–Trinajstić information content (AvgIpc) is 3.04. The molecule has 0 aliphatic heterocycles. The molecular formula is C17H20N2O4. The number of aryl methyl sites for hydroxylation is 1. The van der Waals surface area contributed by atoms with Crippen LogP contribution in [0.3, 0.4) is 0 Å². The molecule has 23 heavy (non-hydrogen) atoms. The van der Waals surface area contributed by atoms with E-state index < -0.39 is 6.04 Å². The van der Waals surface area contributed by atoms with Crippen LogP contribution >= 0.6 is 0 Å². The lowest BCUT2D eigenvalue weighted by Crippen LogP contribution is -2.46. The van der Waals surface area contributed by atoms with Crippen LogP contribution in [0, 0.1) is 6.92 Å². The molecule has 6 heteroatoms. The molecule has 0 saturated carbocycles. The largest absolute Gasteiger partial charge is 0.484 e. The number of carbonyl (C=O) groups excluding carboxylic acids is 2. The Morgan fingerprint density at radius 1 is 1.26 bits per heavy atom. The van der Waals surface area contributed by atoms with Gasteiger partial charge in [0.1, 0.15) is 17.6 Å². The Morgan fingerprint density at radius 3 is 2.78 bits per heavy atom. The average molecular weight is 316 g/mol. The van der Waals surface area contributed by atoms with Gasteiger partial charge in [-0.2, -0.15) is 0 Å². The molecule has 1 atom stereocenters. The first-order chi connectivity index (χ1) is 11.0. The van der Waals surface area contributed by atoms with E-state index in [1.54, 1.807) is 25.1 Å². The smallest absolute Gasteiger partial charge is 0.258 e. The Labute approximate surface area is 134 Å². The van der Waals surface area contributed by atoms with E-state index in [0.717, 1.165) is 5.56 Å². The topological polar surface area (TPSA) is 80.6 Å². The van der Waals surface area contributed by atoms with Crippen LogP contribution in [-0.4, -0.2) is 24.5 Å². The second kappa shape index (κ2) is 8.03. The lowest BCUT2D eigenvalue weighted by molar-refractivity contribution is -0.129. The minimum atomic E-state index is -0.654. The van der Waals surface area contributed by atoms with E-state index in [2.05, 4.69) is 10.6 Å². The third-order valence-electron chi connectivity index (χ3n) is 3.15. The summed E-state index contributed by atoms with van der Waals surface area (Å²) in [6, 6.07) is 10.3. The molecule has 2 amide bonds. The highest BCUT2D eigenvalue weighted by molar-refractivity contribution is 5.87. The van der Waals surface area contributed by atoms with Gasteiger partial charge in [-0.05, 0) is 43.7 Å². The molecule has 1 heterocycles. The van der Waals surface area contributed by atoms with E-state index in [0.29, 0.717) is 11.5 Å². The SMILES string of the molecule is Cc1cccc(OCC(=O)NC(C)C(=O)NCc2ccco2)c1. The number of nitrogens with one attached hydrogen (secondary N) is 2. The summed E-state index contributed by atoms with van der Waals surface area (Å²) in [7, 11) is 0. The minimum absolute atomic E-state index is 0.140. The molecule has 0 aliphatic rings. The van der Waals surface area contributed by atoms with Gasteiger partial charge in [0.15, 0.2) is 6.61 Å². The van der Waals surface area contributed by atoms with Gasteiger partial charge in [0.25, 0.3) is 5.91 Å². The first kappa shape index (κ1) is 16.6. The molecule has 0 fully saturated rings. The molecule has 2 aromatic rings. The van der Waals surface area contributed by atoms with Crippen LogP contribution in [-0.2, 0) is 16.1 Å². The Kier molecular flexibility index (Phi) is 5.80. The van der Waals surface area contributed by atoms with Gasteiger partial charge >= 0.3 is 0 Å². The first-order valence-corrected chi connectivity index (χ1v) is 7.33. The lowest BCUT2D eigenvalue weighted by Gasteiger charge is -2.14. The molecule has 122 valence electrons. The summed E-state index contributed by atoms with van der Waals surface area (Å²) in [6.45, 7) is 3.70. The van der Waals surface area contributed by atoms with Crippen molar-refractivity contribution in [1.82, 2.24) is 10.6 Å². The van der Waals surface area contributed by atoms with Gasteiger partial charge in [-0.1, -0.05) is 12.1 Å². The van der Waals surface area contributed by atoms with Crippen LogP contribution in [0.2, 0.25) is 0 Å². The van der Waals surface area contributed by atoms with E-state index in [1.165, 1.54) is 6.26 Å². The van der Waals surface area contributed by atoms with Gasteiger partial charge in [-0.15, -0.1) is 0 Å². The third-order valence-corrected chi connectivity index (χ3v) is 3.15. The van der Waals surface area contributed by atoms with Gasteiger partial charge in [0.05, 0.1) is 12.8 Å². The highest BCUT2D eigenvalue weighted by Crippen LogP contribution is 2.11. The van der Waals surface area contributed by atoms with Gasteiger partial charge < -0.3 is 19.8 Å². The Bertz CT molecular complexity index is 652. The van der Waals surface area contributed by atoms with Gasteiger partial charge in [-0.25, -0.2) is 0 Å². The molecule has 0 saturated heterocycles. The molecule has 0 spiro atoms. The van der Waals surface area contributed by atoms with Crippen LogP contribution in [0.5, 0.6) is 5.75 Å². The molecule has 0 radical (unpaired) electrons. The second-order valence-electron chi connectivity index (χ2n) is 5.19. The predicted octanol–water partition coefficient (Wildman–Crippen LogP) is 1.79. The molecule has 1 aromatic carbocycles. The second-order valence-corrected chi connectivity index (χ2v) is 5.19. The van der Waals surface area contributed by atoms with Crippen LogP contribution < -0.4 is 15.4 Å². The molecule has 1 unspecified atom stereocenters.